The Bertz CT molecular complexity index is 2740. The monoisotopic (exact) mass is 573 g/mol. The van der Waals surface area contributed by atoms with Gasteiger partial charge < -0.3 is 13.7 Å². The molecule has 0 fully saturated rings. The molecular formula is C42H27N3. The van der Waals surface area contributed by atoms with Gasteiger partial charge in [-0.3, -0.25) is 0 Å². The molecule has 0 spiro atoms. The SMILES string of the molecule is c1ccc(-n2c3ccccc3c3cc4c5ccccc5n(-c5cccc6c5c5ccccc5n6-c5ccccc5)c4cc32)cc1. The predicted octanol–water partition coefficient (Wildman–Crippen LogP) is 11.0. The summed E-state index contributed by atoms with van der Waals surface area (Å²) in [6.07, 6.45) is 0. The molecule has 3 nitrogen and oxygen atoms in total. The molecule has 0 aliphatic heterocycles. The first-order valence-corrected chi connectivity index (χ1v) is 15.5. The third kappa shape index (κ3) is 3.35. The number of fused-ring (bicyclic) bond motifs is 9. The highest BCUT2D eigenvalue weighted by atomic mass is 15.0. The molecule has 10 rings (SSSR count). The van der Waals surface area contributed by atoms with Crippen molar-refractivity contribution in [2.24, 2.45) is 0 Å². The molecule has 3 heteroatoms. The van der Waals surface area contributed by atoms with Crippen LogP contribution in [0.2, 0.25) is 0 Å². The Morgan fingerprint density at radius 1 is 0.267 bits per heavy atom. The molecule has 0 aliphatic rings. The highest BCUT2D eigenvalue weighted by Gasteiger charge is 2.21. The molecule has 0 bridgehead atoms. The van der Waals surface area contributed by atoms with Gasteiger partial charge in [0.15, 0.2) is 0 Å². The van der Waals surface area contributed by atoms with Crippen molar-refractivity contribution in [2.45, 2.75) is 0 Å². The van der Waals surface area contributed by atoms with E-state index in [0.717, 1.165) is 5.69 Å². The van der Waals surface area contributed by atoms with Crippen LogP contribution in [0.5, 0.6) is 0 Å². The molecule has 0 unspecified atom stereocenters. The van der Waals surface area contributed by atoms with Gasteiger partial charge in [0.1, 0.15) is 0 Å². The number of rotatable bonds is 3. The third-order valence-corrected chi connectivity index (χ3v) is 9.41. The van der Waals surface area contributed by atoms with Gasteiger partial charge in [-0.1, -0.05) is 97.1 Å². The van der Waals surface area contributed by atoms with E-state index in [1.807, 2.05) is 0 Å². The van der Waals surface area contributed by atoms with E-state index < -0.39 is 0 Å². The fourth-order valence-electron chi connectivity index (χ4n) is 7.59. The average Bonchev–Trinajstić information content (AvgIpc) is 3.73. The van der Waals surface area contributed by atoms with Crippen molar-refractivity contribution in [1.29, 1.82) is 0 Å². The Labute approximate surface area is 259 Å². The molecule has 10 aromatic rings. The van der Waals surface area contributed by atoms with Crippen LogP contribution in [0.25, 0.3) is 82.5 Å². The van der Waals surface area contributed by atoms with Crippen LogP contribution in [0.1, 0.15) is 0 Å². The van der Waals surface area contributed by atoms with Crippen LogP contribution in [0.15, 0.2) is 164 Å². The van der Waals surface area contributed by atoms with Crippen molar-refractivity contribution < 1.29 is 0 Å². The fraction of sp³-hybridized carbons (Fsp3) is 0. The smallest absolute Gasteiger partial charge is 0.0562 e. The zero-order valence-corrected chi connectivity index (χ0v) is 24.4. The van der Waals surface area contributed by atoms with Gasteiger partial charge >= 0.3 is 0 Å². The Hall–Kier alpha value is -6.06. The van der Waals surface area contributed by atoms with Crippen LogP contribution in [0.4, 0.5) is 0 Å². The molecule has 0 radical (unpaired) electrons. The highest BCUT2D eigenvalue weighted by Crippen LogP contribution is 2.42. The maximum absolute atomic E-state index is 2.49. The summed E-state index contributed by atoms with van der Waals surface area (Å²) in [5, 5.41) is 7.56. The first kappa shape index (κ1) is 24.4. The molecule has 0 aliphatic carbocycles. The minimum atomic E-state index is 1.16. The Morgan fingerprint density at radius 3 is 1.33 bits per heavy atom. The third-order valence-electron chi connectivity index (χ3n) is 9.41. The van der Waals surface area contributed by atoms with E-state index in [2.05, 4.69) is 177 Å². The normalized spacial score (nSPS) is 12.0. The Balaban J connectivity index is 1.39. The maximum Gasteiger partial charge on any atom is 0.0562 e. The molecule has 0 amide bonds. The molecule has 210 valence electrons. The van der Waals surface area contributed by atoms with Crippen LogP contribution in [0, 0.1) is 0 Å². The fourth-order valence-corrected chi connectivity index (χ4v) is 7.59. The van der Waals surface area contributed by atoms with Gasteiger partial charge in [-0.25, -0.2) is 0 Å². The van der Waals surface area contributed by atoms with Crippen LogP contribution in [-0.2, 0) is 0 Å². The summed E-state index contributed by atoms with van der Waals surface area (Å²) >= 11 is 0. The van der Waals surface area contributed by atoms with Crippen molar-refractivity contribution in [1.82, 2.24) is 13.7 Å². The Morgan fingerprint density at radius 2 is 0.711 bits per heavy atom. The number of hydrogen-bond donors (Lipinski definition) is 0. The van der Waals surface area contributed by atoms with Gasteiger partial charge in [-0.2, -0.15) is 0 Å². The summed E-state index contributed by atoms with van der Waals surface area (Å²) in [6.45, 7) is 0. The lowest BCUT2D eigenvalue weighted by molar-refractivity contribution is 1.16. The van der Waals surface area contributed by atoms with Gasteiger partial charge in [0, 0.05) is 43.7 Å². The lowest BCUT2D eigenvalue weighted by atomic mass is 10.1. The van der Waals surface area contributed by atoms with E-state index in [9.17, 15) is 0 Å². The Kier molecular flexibility index (Phi) is 5.00. The van der Waals surface area contributed by atoms with Crippen LogP contribution in [-0.4, -0.2) is 13.7 Å². The molecule has 7 aromatic carbocycles. The van der Waals surface area contributed by atoms with E-state index >= 15 is 0 Å². The van der Waals surface area contributed by atoms with Crippen molar-refractivity contribution in [2.75, 3.05) is 0 Å². The minimum Gasteiger partial charge on any atom is -0.309 e. The predicted molar refractivity (Wildman–Crippen MR) is 189 cm³/mol. The second kappa shape index (κ2) is 9.22. The summed E-state index contributed by atoms with van der Waals surface area (Å²) in [5.41, 5.74) is 10.8. The van der Waals surface area contributed by atoms with E-state index in [1.54, 1.807) is 0 Å². The topological polar surface area (TPSA) is 14.8 Å². The number of nitrogens with zero attached hydrogens (tertiary/aromatic N) is 3. The molecule has 3 aromatic heterocycles. The molecule has 0 saturated heterocycles. The lowest BCUT2D eigenvalue weighted by Crippen LogP contribution is -1.97. The molecule has 0 saturated carbocycles. The van der Waals surface area contributed by atoms with E-state index in [0.29, 0.717) is 0 Å². The van der Waals surface area contributed by atoms with Crippen molar-refractivity contribution in [3.8, 4) is 17.1 Å². The zero-order valence-electron chi connectivity index (χ0n) is 24.4. The second-order valence-electron chi connectivity index (χ2n) is 11.8. The van der Waals surface area contributed by atoms with Gasteiger partial charge in [-0.05, 0) is 66.7 Å². The molecule has 45 heavy (non-hydrogen) atoms. The van der Waals surface area contributed by atoms with E-state index in [1.165, 1.54) is 76.8 Å². The number of hydrogen-bond acceptors (Lipinski definition) is 0. The van der Waals surface area contributed by atoms with Crippen LogP contribution >= 0.6 is 0 Å². The summed E-state index contributed by atoms with van der Waals surface area (Å²) in [6, 6.07) is 59.4. The van der Waals surface area contributed by atoms with E-state index in [-0.39, 0.29) is 0 Å². The summed E-state index contributed by atoms with van der Waals surface area (Å²) < 4.78 is 7.29. The summed E-state index contributed by atoms with van der Waals surface area (Å²) in [7, 11) is 0. The number of para-hydroxylation sites is 5. The second-order valence-corrected chi connectivity index (χ2v) is 11.8. The number of aromatic nitrogens is 3. The summed E-state index contributed by atoms with van der Waals surface area (Å²) in [5.74, 6) is 0. The number of benzene rings is 7. The zero-order chi connectivity index (χ0) is 29.5. The first-order valence-electron chi connectivity index (χ1n) is 15.5. The largest absolute Gasteiger partial charge is 0.309 e. The van der Waals surface area contributed by atoms with E-state index in [4.69, 9.17) is 0 Å². The van der Waals surface area contributed by atoms with Crippen molar-refractivity contribution in [3.63, 3.8) is 0 Å². The molecule has 0 atom stereocenters. The van der Waals surface area contributed by atoms with Crippen LogP contribution < -0.4 is 0 Å². The average molecular weight is 574 g/mol. The quantitative estimate of drug-likeness (QED) is 0.200. The van der Waals surface area contributed by atoms with Gasteiger partial charge in [0.2, 0.25) is 0 Å². The summed E-state index contributed by atoms with van der Waals surface area (Å²) in [4.78, 5) is 0. The first-order chi connectivity index (χ1) is 22.4. The van der Waals surface area contributed by atoms with Crippen molar-refractivity contribution >= 4 is 65.4 Å². The molecular weight excluding hydrogens is 546 g/mol. The minimum absolute atomic E-state index is 1.16. The molecule has 0 N–H and O–H groups in total. The maximum atomic E-state index is 2.49. The van der Waals surface area contributed by atoms with Gasteiger partial charge in [0.25, 0.3) is 0 Å². The lowest BCUT2D eigenvalue weighted by Gasteiger charge is -2.12. The molecule has 3 heterocycles. The standard InChI is InChI=1S/C42H27N3/c1-3-14-28(15-4-1)43-37-23-12-9-20-32(37)42-38(43)24-13-25-39(42)45-36-22-11-8-19-31(36)34-26-33-30-18-7-10-21-35(30)44(40(33)27-41(34)45)29-16-5-2-6-17-29/h1-27H. The van der Waals surface area contributed by atoms with Gasteiger partial charge in [-0.15, -0.1) is 0 Å². The highest BCUT2D eigenvalue weighted by molar-refractivity contribution is 6.21. The van der Waals surface area contributed by atoms with Crippen molar-refractivity contribution in [3.05, 3.63) is 164 Å². The van der Waals surface area contributed by atoms with Crippen LogP contribution in [0.3, 0.4) is 0 Å². The van der Waals surface area contributed by atoms with Gasteiger partial charge in [0.05, 0.1) is 38.8 Å².